The molecule has 0 spiro atoms. The van der Waals surface area contributed by atoms with Crippen molar-refractivity contribution in [2.75, 3.05) is 11.9 Å². The molecule has 0 aromatic heterocycles. The van der Waals surface area contributed by atoms with E-state index in [-0.39, 0.29) is 17.9 Å². The molecule has 1 aromatic carbocycles. The smallest absolute Gasteiger partial charge is 0.313 e. The number of rotatable bonds is 4. The molecule has 0 radical (unpaired) electrons. The van der Waals surface area contributed by atoms with Gasteiger partial charge >= 0.3 is 11.8 Å². The Balaban J connectivity index is 1.93. The number of nitrogens with one attached hydrogen (secondary N) is 2. The Bertz CT molecular complexity index is 598. The van der Waals surface area contributed by atoms with Crippen molar-refractivity contribution in [1.82, 2.24) is 5.32 Å². The van der Waals surface area contributed by atoms with Crippen LogP contribution in [0.15, 0.2) is 18.2 Å². The van der Waals surface area contributed by atoms with Gasteiger partial charge in [-0.25, -0.2) is 0 Å². The second-order valence-corrected chi connectivity index (χ2v) is 7.04. The molecular formula is C19H28N2O3. The van der Waals surface area contributed by atoms with Crippen LogP contribution in [0.5, 0.6) is 0 Å². The SMILES string of the molecule is Cc1cccc(C(C)C)c1NC(=O)C(=O)NCC1CCCC(O)C1. The molecule has 1 aliphatic carbocycles. The molecule has 1 aliphatic rings. The first-order chi connectivity index (χ1) is 11.4. The van der Waals surface area contributed by atoms with Gasteiger partial charge in [0.25, 0.3) is 0 Å². The molecule has 0 heterocycles. The number of hydrogen-bond donors (Lipinski definition) is 3. The normalized spacial score (nSPS) is 20.7. The lowest BCUT2D eigenvalue weighted by molar-refractivity contribution is -0.136. The van der Waals surface area contributed by atoms with Crippen LogP contribution >= 0.6 is 0 Å². The molecule has 2 unspecified atom stereocenters. The molecule has 1 fully saturated rings. The maximum absolute atomic E-state index is 12.2. The summed E-state index contributed by atoms with van der Waals surface area (Å²) in [6.45, 7) is 6.47. The molecule has 0 bridgehead atoms. The number of hydrogen-bond acceptors (Lipinski definition) is 3. The topological polar surface area (TPSA) is 78.4 Å². The van der Waals surface area contributed by atoms with Gasteiger partial charge in [0.2, 0.25) is 0 Å². The van der Waals surface area contributed by atoms with Crippen molar-refractivity contribution >= 4 is 17.5 Å². The highest BCUT2D eigenvalue weighted by atomic mass is 16.3. The minimum Gasteiger partial charge on any atom is -0.393 e. The summed E-state index contributed by atoms with van der Waals surface area (Å²) in [6.07, 6.45) is 3.19. The Morgan fingerprint density at radius 2 is 2.00 bits per heavy atom. The average molecular weight is 332 g/mol. The molecule has 2 amide bonds. The second-order valence-electron chi connectivity index (χ2n) is 7.04. The predicted octanol–water partition coefficient (Wildman–Crippen LogP) is 2.72. The van der Waals surface area contributed by atoms with Crippen molar-refractivity contribution in [3.63, 3.8) is 0 Å². The lowest BCUT2D eigenvalue weighted by atomic mass is 9.87. The quantitative estimate of drug-likeness (QED) is 0.742. The van der Waals surface area contributed by atoms with Crippen LogP contribution in [-0.4, -0.2) is 29.6 Å². The van der Waals surface area contributed by atoms with Crippen molar-refractivity contribution in [3.8, 4) is 0 Å². The Morgan fingerprint density at radius 3 is 2.67 bits per heavy atom. The van der Waals surface area contributed by atoms with Gasteiger partial charge in [-0.15, -0.1) is 0 Å². The van der Waals surface area contributed by atoms with Gasteiger partial charge in [-0.05, 0) is 49.1 Å². The number of aliphatic hydroxyl groups excluding tert-OH is 1. The van der Waals surface area contributed by atoms with Gasteiger partial charge in [0.15, 0.2) is 0 Å². The Kier molecular flexibility index (Phi) is 6.37. The van der Waals surface area contributed by atoms with Gasteiger partial charge in [-0.3, -0.25) is 9.59 Å². The molecule has 3 N–H and O–H groups in total. The van der Waals surface area contributed by atoms with Crippen LogP contribution in [0.2, 0.25) is 0 Å². The number of carbonyl (C=O) groups excluding carboxylic acids is 2. The van der Waals surface area contributed by atoms with Crippen molar-refractivity contribution in [1.29, 1.82) is 0 Å². The lowest BCUT2D eigenvalue weighted by Gasteiger charge is -2.25. The molecule has 2 rings (SSSR count). The zero-order valence-corrected chi connectivity index (χ0v) is 14.8. The number of carbonyl (C=O) groups is 2. The molecule has 132 valence electrons. The van der Waals surface area contributed by atoms with Crippen LogP contribution in [0.25, 0.3) is 0 Å². The van der Waals surface area contributed by atoms with E-state index in [1.54, 1.807) is 0 Å². The number of benzene rings is 1. The van der Waals surface area contributed by atoms with E-state index in [1.807, 2.05) is 25.1 Å². The third-order valence-corrected chi connectivity index (χ3v) is 4.68. The Morgan fingerprint density at radius 1 is 1.25 bits per heavy atom. The molecule has 0 aliphatic heterocycles. The van der Waals surface area contributed by atoms with Crippen LogP contribution < -0.4 is 10.6 Å². The summed E-state index contributed by atoms with van der Waals surface area (Å²) >= 11 is 0. The highest BCUT2D eigenvalue weighted by Gasteiger charge is 2.22. The van der Waals surface area contributed by atoms with Gasteiger partial charge < -0.3 is 15.7 Å². The maximum Gasteiger partial charge on any atom is 0.313 e. The summed E-state index contributed by atoms with van der Waals surface area (Å²) < 4.78 is 0. The molecule has 0 saturated heterocycles. The monoisotopic (exact) mass is 332 g/mol. The Labute approximate surface area is 143 Å². The standard InChI is InChI=1S/C19H28N2O3/c1-12(2)16-9-4-6-13(3)17(16)21-19(24)18(23)20-11-14-7-5-8-15(22)10-14/h4,6,9,12,14-15,22H,5,7-8,10-11H2,1-3H3,(H,20,23)(H,21,24). The summed E-state index contributed by atoms with van der Waals surface area (Å²) in [5, 5.41) is 15.1. The zero-order chi connectivity index (χ0) is 17.7. The van der Waals surface area contributed by atoms with Crippen LogP contribution in [-0.2, 0) is 9.59 Å². The third kappa shape index (κ3) is 4.81. The minimum absolute atomic E-state index is 0.246. The van der Waals surface area contributed by atoms with Crippen molar-refractivity contribution in [3.05, 3.63) is 29.3 Å². The highest BCUT2D eigenvalue weighted by Crippen LogP contribution is 2.27. The number of anilines is 1. The number of para-hydroxylation sites is 1. The molecule has 1 saturated carbocycles. The van der Waals surface area contributed by atoms with Gasteiger partial charge in [0, 0.05) is 12.2 Å². The fourth-order valence-electron chi connectivity index (χ4n) is 3.28. The molecule has 5 heteroatoms. The fourth-order valence-corrected chi connectivity index (χ4v) is 3.28. The van der Waals surface area contributed by atoms with E-state index in [4.69, 9.17) is 0 Å². The molecule has 1 aromatic rings. The summed E-state index contributed by atoms with van der Waals surface area (Å²) in [6, 6.07) is 5.84. The minimum atomic E-state index is -0.637. The summed E-state index contributed by atoms with van der Waals surface area (Å²) in [7, 11) is 0. The first kappa shape index (κ1) is 18.5. The van der Waals surface area contributed by atoms with Gasteiger partial charge in [0.1, 0.15) is 0 Å². The third-order valence-electron chi connectivity index (χ3n) is 4.68. The van der Waals surface area contributed by atoms with Crippen molar-refractivity contribution < 1.29 is 14.7 Å². The maximum atomic E-state index is 12.2. The molecule has 24 heavy (non-hydrogen) atoms. The summed E-state index contributed by atoms with van der Waals surface area (Å²) in [4.78, 5) is 24.3. The summed E-state index contributed by atoms with van der Waals surface area (Å²) in [5.74, 6) is -0.752. The van der Waals surface area contributed by atoms with E-state index >= 15 is 0 Å². The first-order valence-corrected chi connectivity index (χ1v) is 8.75. The zero-order valence-electron chi connectivity index (χ0n) is 14.8. The fraction of sp³-hybridized carbons (Fsp3) is 0.579. The van der Waals surface area contributed by atoms with E-state index in [1.165, 1.54) is 0 Å². The predicted molar refractivity (Wildman–Crippen MR) is 94.9 cm³/mol. The van der Waals surface area contributed by atoms with E-state index in [0.29, 0.717) is 13.0 Å². The van der Waals surface area contributed by atoms with Crippen LogP contribution in [0.3, 0.4) is 0 Å². The summed E-state index contributed by atoms with van der Waals surface area (Å²) in [5.41, 5.74) is 2.69. The van der Waals surface area contributed by atoms with Crippen LogP contribution in [0.4, 0.5) is 5.69 Å². The Hall–Kier alpha value is -1.88. The lowest BCUT2D eigenvalue weighted by Crippen LogP contribution is -2.39. The van der Waals surface area contributed by atoms with Crippen LogP contribution in [0.1, 0.15) is 56.6 Å². The number of aliphatic hydroxyl groups is 1. The first-order valence-electron chi connectivity index (χ1n) is 8.75. The van der Waals surface area contributed by atoms with Gasteiger partial charge in [-0.1, -0.05) is 38.5 Å². The van der Waals surface area contributed by atoms with Crippen molar-refractivity contribution in [2.24, 2.45) is 5.92 Å². The van der Waals surface area contributed by atoms with Gasteiger partial charge in [-0.2, -0.15) is 0 Å². The van der Waals surface area contributed by atoms with Crippen LogP contribution in [0, 0.1) is 12.8 Å². The highest BCUT2D eigenvalue weighted by molar-refractivity contribution is 6.39. The number of aryl methyl sites for hydroxylation is 1. The molecular weight excluding hydrogens is 304 g/mol. The molecule has 2 atom stereocenters. The van der Waals surface area contributed by atoms with E-state index in [0.717, 1.165) is 36.1 Å². The second kappa shape index (κ2) is 8.29. The van der Waals surface area contributed by atoms with E-state index < -0.39 is 11.8 Å². The van der Waals surface area contributed by atoms with E-state index in [2.05, 4.69) is 24.5 Å². The largest absolute Gasteiger partial charge is 0.393 e. The van der Waals surface area contributed by atoms with Gasteiger partial charge in [0.05, 0.1) is 6.10 Å². The molecule has 5 nitrogen and oxygen atoms in total. The average Bonchev–Trinajstić information content (AvgIpc) is 2.54. The van der Waals surface area contributed by atoms with E-state index in [9.17, 15) is 14.7 Å². The van der Waals surface area contributed by atoms with Crippen molar-refractivity contribution in [2.45, 2.75) is 58.5 Å². The number of amides is 2.